The van der Waals surface area contributed by atoms with Crippen LogP contribution in [0.2, 0.25) is 0 Å². The molecule has 37 heavy (non-hydrogen) atoms. The highest BCUT2D eigenvalue weighted by molar-refractivity contribution is 5.94. The quantitative estimate of drug-likeness (QED) is 0.257. The lowest BCUT2D eigenvalue weighted by Crippen LogP contribution is -2.40. The van der Waals surface area contributed by atoms with Gasteiger partial charge >= 0.3 is 0 Å². The molecule has 0 radical (unpaired) electrons. The Bertz CT molecular complexity index is 1170. The van der Waals surface area contributed by atoms with Crippen molar-refractivity contribution in [1.29, 1.82) is 0 Å². The van der Waals surface area contributed by atoms with Gasteiger partial charge in [0.2, 0.25) is 11.8 Å². The van der Waals surface area contributed by atoms with Crippen LogP contribution in [0.5, 0.6) is 0 Å². The number of anilines is 1. The van der Waals surface area contributed by atoms with Crippen LogP contribution in [0.3, 0.4) is 0 Å². The number of nitrogens with one attached hydrogen (secondary N) is 1. The maximum atomic E-state index is 13.2. The summed E-state index contributed by atoms with van der Waals surface area (Å²) in [7, 11) is 0. The maximum Gasteiger partial charge on any atom is 0.245 e. The summed E-state index contributed by atoms with van der Waals surface area (Å²) in [6.45, 7) is 11.0. The SMILES string of the molecule is CCCCCCCC(=O)N(CC(=O)Nc1cc(-c2ccccc2)nn1-c1ccc(C)cc1C)CC(C)C. The van der Waals surface area contributed by atoms with Gasteiger partial charge in [-0.1, -0.05) is 94.5 Å². The van der Waals surface area contributed by atoms with Gasteiger partial charge in [-0.25, -0.2) is 4.68 Å². The minimum atomic E-state index is -0.217. The largest absolute Gasteiger partial charge is 0.333 e. The van der Waals surface area contributed by atoms with Crippen molar-refractivity contribution in [3.8, 4) is 16.9 Å². The van der Waals surface area contributed by atoms with Crippen molar-refractivity contribution < 1.29 is 9.59 Å². The second-order valence-electron chi connectivity index (χ2n) is 10.4. The normalized spacial score (nSPS) is 11.1. The number of carbonyl (C=O) groups is 2. The zero-order valence-electron chi connectivity index (χ0n) is 23.1. The van der Waals surface area contributed by atoms with Crippen LogP contribution in [0.15, 0.2) is 54.6 Å². The molecule has 6 heteroatoms. The van der Waals surface area contributed by atoms with Crippen molar-refractivity contribution in [2.24, 2.45) is 5.92 Å². The molecule has 1 aromatic heterocycles. The van der Waals surface area contributed by atoms with Crippen LogP contribution in [0.1, 0.15) is 70.4 Å². The van der Waals surface area contributed by atoms with Gasteiger partial charge in [0.25, 0.3) is 0 Å². The number of hydrogen-bond acceptors (Lipinski definition) is 3. The first-order chi connectivity index (χ1) is 17.8. The van der Waals surface area contributed by atoms with Gasteiger partial charge in [0, 0.05) is 24.6 Å². The molecule has 0 atom stereocenters. The number of hydrogen-bond donors (Lipinski definition) is 1. The Hall–Kier alpha value is -3.41. The average molecular weight is 503 g/mol. The molecule has 2 aromatic carbocycles. The number of aryl methyl sites for hydroxylation is 2. The molecule has 198 valence electrons. The van der Waals surface area contributed by atoms with Crippen LogP contribution >= 0.6 is 0 Å². The van der Waals surface area contributed by atoms with Crippen molar-refractivity contribution in [3.63, 3.8) is 0 Å². The lowest BCUT2D eigenvalue weighted by molar-refractivity contribution is -0.135. The third-order valence-electron chi connectivity index (χ3n) is 6.39. The molecule has 0 spiro atoms. The highest BCUT2D eigenvalue weighted by Gasteiger charge is 2.20. The van der Waals surface area contributed by atoms with E-state index in [2.05, 4.69) is 39.1 Å². The van der Waals surface area contributed by atoms with Gasteiger partial charge < -0.3 is 10.2 Å². The zero-order valence-corrected chi connectivity index (χ0v) is 23.1. The highest BCUT2D eigenvalue weighted by atomic mass is 16.2. The molecular weight excluding hydrogens is 460 g/mol. The predicted molar refractivity (Wildman–Crippen MR) is 152 cm³/mol. The Balaban J connectivity index is 1.80. The van der Waals surface area contributed by atoms with Gasteiger partial charge in [-0.05, 0) is 37.8 Å². The van der Waals surface area contributed by atoms with E-state index in [1.165, 1.54) is 18.4 Å². The van der Waals surface area contributed by atoms with Gasteiger partial charge in [-0.2, -0.15) is 5.10 Å². The lowest BCUT2D eigenvalue weighted by atomic mass is 10.1. The highest BCUT2D eigenvalue weighted by Crippen LogP contribution is 2.26. The van der Waals surface area contributed by atoms with E-state index in [1.807, 2.05) is 55.5 Å². The molecule has 3 aromatic rings. The van der Waals surface area contributed by atoms with E-state index in [0.29, 0.717) is 18.8 Å². The standard InChI is InChI=1S/C31H42N4O2/c1-6-7-8-9-13-16-31(37)34(21-23(2)3)22-30(36)32-29-20-27(26-14-11-10-12-15-26)33-35(29)28-18-17-24(4)19-25(28)5/h10-12,14-15,17-20,23H,6-9,13,16,21-22H2,1-5H3,(H,32,36). The Kier molecular flexibility index (Phi) is 10.5. The maximum absolute atomic E-state index is 13.2. The van der Waals surface area contributed by atoms with Crippen LogP contribution in [-0.2, 0) is 9.59 Å². The smallest absolute Gasteiger partial charge is 0.245 e. The second-order valence-corrected chi connectivity index (χ2v) is 10.4. The first-order valence-electron chi connectivity index (χ1n) is 13.6. The molecule has 0 unspecified atom stereocenters. The number of amides is 2. The number of nitrogens with zero attached hydrogens (tertiary/aromatic N) is 3. The first-order valence-corrected chi connectivity index (χ1v) is 13.6. The van der Waals surface area contributed by atoms with E-state index >= 15 is 0 Å². The summed E-state index contributed by atoms with van der Waals surface area (Å²) in [5.41, 5.74) is 4.89. The average Bonchev–Trinajstić information content (AvgIpc) is 3.27. The second kappa shape index (κ2) is 13.8. The molecule has 0 saturated carbocycles. The van der Waals surface area contributed by atoms with E-state index in [4.69, 9.17) is 5.10 Å². The van der Waals surface area contributed by atoms with Crippen molar-refractivity contribution in [2.45, 2.75) is 73.1 Å². The monoisotopic (exact) mass is 502 g/mol. The van der Waals surface area contributed by atoms with Crippen molar-refractivity contribution in [2.75, 3.05) is 18.4 Å². The number of carbonyl (C=O) groups excluding carboxylic acids is 2. The van der Waals surface area contributed by atoms with Gasteiger partial charge in [-0.15, -0.1) is 0 Å². The third kappa shape index (κ3) is 8.31. The molecule has 2 amide bonds. The van der Waals surface area contributed by atoms with Crippen LogP contribution < -0.4 is 5.32 Å². The van der Waals surface area contributed by atoms with E-state index in [9.17, 15) is 9.59 Å². The molecule has 6 nitrogen and oxygen atoms in total. The van der Waals surface area contributed by atoms with Gasteiger partial charge in [-0.3, -0.25) is 9.59 Å². The summed E-state index contributed by atoms with van der Waals surface area (Å²) in [6, 6.07) is 18.0. The Morgan fingerprint density at radius 2 is 1.70 bits per heavy atom. The number of rotatable bonds is 13. The molecule has 0 bridgehead atoms. The fourth-order valence-corrected chi connectivity index (χ4v) is 4.54. The molecule has 0 aliphatic rings. The third-order valence-corrected chi connectivity index (χ3v) is 6.39. The summed E-state index contributed by atoms with van der Waals surface area (Å²) in [5, 5.41) is 7.89. The Morgan fingerprint density at radius 3 is 2.38 bits per heavy atom. The van der Waals surface area contributed by atoms with Crippen molar-refractivity contribution >= 4 is 17.6 Å². The van der Waals surface area contributed by atoms with Crippen LogP contribution in [0, 0.1) is 19.8 Å². The molecule has 0 saturated heterocycles. The Labute approximate surface area is 222 Å². The van der Waals surface area contributed by atoms with E-state index < -0.39 is 0 Å². The van der Waals surface area contributed by atoms with E-state index in [1.54, 1.807) is 9.58 Å². The number of benzene rings is 2. The summed E-state index contributed by atoms with van der Waals surface area (Å²) in [4.78, 5) is 27.9. The number of unbranched alkanes of at least 4 members (excludes halogenated alkanes) is 4. The Morgan fingerprint density at radius 1 is 0.973 bits per heavy atom. The molecule has 0 aliphatic heterocycles. The van der Waals surface area contributed by atoms with Gasteiger partial charge in [0.15, 0.2) is 0 Å². The summed E-state index contributed by atoms with van der Waals surface area (Å²) < 4.78 is 1.79. The van der Waals surface area contributed by atoms with E-state index in [0.717, 1.165) is 41.8 Å². The molecule has 1 heterocycles. The lowest BCUT2D eigenvalue weighted by Gasteiger charge is -2.24. The topological polar surface area (TPSA) is 67.2 Å². The zero-order chi connectivity index (χ0) is 26.8. The summed E-state index contributed by atoms with van der Waals surface area (Å²) in [5.74, 6) is 0.702. The van der Waals surface area contributed by atoms with Gasteiger partial charge in [0.05, 0.1) is 17.9 Å². The van der Waals surface area contributed by atoms with Crippen molar-refractivity contribution in [1.82, 2.24) is 14.7 Å². The van der Waals surface area contributed by atoms with Crippen LogP contribution in [-0.4, -0.2) is 39.6 Å². The fourth-order valence-electron chi connectivity index (χ4n) is 4.54. The molecule has 0 fully saturated rings. The minimum absolute atomic E-state index is 0.0324. The predicted octanol–water partition coefficient (Wildman–Crippen LogP) is 6.94. The van der Waals surface area contributed by atoms with Gasteiger partial charge in [0.1, 0.15) is 5.82 Å². The van der Waals surface area contributed by atoms with Crippen molar-refractivity contribution in [3.05, 3.63) is 65.7 Å². The van der Waals surface area contributed by atoms with E-state index in [-0.39, 0.29) is 24.3 Å². The first kappa shape index (κ1) is 28.2. The summed E-state index contributed by atoms with van der Waals surface area (Å²) >= 11 is 0. The summed E-state index contributed by atoms with van der Waals surface area (Å²) in [6.07, 6.45) is 5.94. The molecule has 0 aliphatic carbocycles. The minimum Gasteiger partial charge on any atom is -0.333 e. The van der Waals surface area contributed by atoms with Crippen LogP contribution in [0.25, 0.3) is 16.9 Å². The molecule has 1 N–H and O–H groups in total. The fraction of sp³-hybridized carbons (Fsp3) is 0.452. The molecule has 3 rings (SSSR count). The number of aromatic nitrogens is 2. The molecular formula is C31H42N4O2. The van der Waals surface area contributed by atoms with Crippen LogP contribution in [0.4, 0.5) is 5.82 Å².